The van der Waals surface area contributed by atoms with Crippen LogP contribution in [0.15, 0.2) is 83.0 Å². The van der Waals surface area contributed by atoms with Crippen molar-refractivity contribution in [1.29, 1.82) is 0 Å². The van der Waals surface area contributed by atoms with Gasteiger partial charge in [0.15, 0.2) is 0 Å². The van der Waals surface area contributed by atoms with Gasteiger partial charge in [0, 0.05) is 11.8 Å². The molecule has 3 rings (SSSR count). The maximum absolute atomic E-state index is 4.35. The summed E-state index contributed by atoms with van der Waals surface area (Å²) in [5.74, 6) is 0.954. The quantitative estimate of drug-likeness (QED) is 0.407. The number of rotatable bonds is 6. The molecule has 0 saturated carbocycles. The Morgan fingerprint density at radius 2 is 1.58 bits per heavy atom. The molecule has 0 radical (unpaired) electrons. The van der Waals surface area contributed by atoms with Crippen molar-refractivity contribution >= 4 is 0 Å². The molecular formula is C31H42. The van der Waals surface area contributed by atoms with Crippen LogP contribution in [0.2, 0.25) is 0 Å². The summed E-state index contributed by atoms with van der Waals surface area (Å²) >= 11 is 0. The first-order chi connectivity index (χ1) is 14.4. The van der Waals surface area contributed by atoms with Crippen LogP contribution >= 0.6 is 0 Å². The van der Waals surface area contributed by atoms with Crippen LogP contribution in [0.1, 0.15) is 72.4 Å². The standard InChI is InChI=1S/C31H42/c1-21-10-13-24(14-11-21)18-26-19-27(31(7,8)9)20-29(26)28-17-16-25(23(28)3)15-12-22(2)30(4,5)6/h10-11,13-14,16-17,19-20,23,26H,2,12,15,18H2,1,3-9H3. The van der Waals surface area contributed by atoms with Gasteiger partial charge in [-0.05, 0) is 59.3 Å². The second-order valence-corrected chi connectivity index (χ2v) is 11.7. The van der Waals surface area contributed by atoms with Crippen molar-refractivity contribution in [3.05, 3.63) is 94.1 Å². The number of aryl methyl sites for hydroxylation is 1. The van der Waals surface area contributed by atoms with Crippen molar-refractivity contribution in [2.75, 3.05) is 0 Å². The zero-order valence-electron chi connectivity index (χ0n) is 21.1. The molecule has 2 atom stereocenters. The molecule has 0 aliphatic heterocycles. The van der Waals surface area contributed by atoms with Crippen molar-refractivity contribution in [2.45, 2.75) is 74.7 Å². The van der Waals surface area contributed by atoms with E-state index in [-0.39, 0.29) is 10.8 Å². The van der Waals surface area contributed by atoms with Crippen LogP contribution < -0.4 is 0 Å². The summed E-state index contributed by atoms with van der Waals surface area (Å²) in [6.07, 6.45) is 13.1. The molecule has 1 aromatic carbocycles. The van der Waals surface area contributed by atoms with Gasteiger partial charge >= 0.3 is 0 Å². The first kappa shape index (κ1) is 23.6. The van der Waals surface area contributed by atoms with Gasteiger partial charge in [0.25, 0.3) is 0 Å². The molecule has 0 spiro atoms. The van der Waals surface area contributed by atoms with Crippen LogP contribution in [-0.2, 0) is 6.42 Å². The predicted octanol–water partition coefficient (Wildman–Crippen LogP) is 8.95. The lowest BCUT2D eigenvalue weighted by molar-refractivity contribution is 0.482. The highest BCUT2D eigenvalue weighted by molar-refractivity contribution is 5.55. The number of allylic oxidation sites excluding steroid dienone is 9. The fourth-order valence-corrected chi connectivity index (χ4v) is 4.54. The summed E-state index contributed by atoms with van der Waals surface area (Å²) < 4.78 is 0. The van der Waals surface area contributed by atoms with E-state index in [9.17, 15) is 0 Å². The van der Waals surface area contributed by atoms with E-state index in [0.717, 1.165) is 19.3 Å². The molecule has 0 bridgehead atoms. The Morgan fingerprint density at radius 3 is 2.16 bits per heavy atom. The van der Waals surface area contributed by atoms with Crippen LogP contribution in [0.5, 0.6) is 0 Å². The molecular weight excluding hydrogens is 372 g/mol. The Hall–Kier alpha value is -2.08. The molecule has 2 aliphatic rings. The molecule has 1 aromatic rings. The molecule has 2 aliphatic carbocycles. The summed E-state index contributed by atoms with van der Waals surface area (Å²) in [7, 11) is 0. The smallest absolute Gasteiger partial charge is 0.00674 e. The SMILES string of the molecule is C=C(CCC1=CC=C(C2=CC(C(C)(C)C)=CC2Cc2ccc(C)cc2)C1C)C(C)(C)C. The van der Waals surface area contributed by atoms with Gasteiger partial charge in [0.1, 0.15) is 0 Å². The highest BCUT2D eigenvalue weighted by Crippen LogP contribution is 2.45. The third-order valence-electron chi connectivity index (χ3n) is 7.14. The van der Waals surface area contributed by atoms with E-state index in [4.69, 9.17) is 0 Å². The molecule has 0 N–H and O–H groups in total. The molecule has 0 nitrogen and oxygen atoms in total. The zero-order valence-corrected chi connectivity index (χ0v) is 21.1. The molecule has 0 fully saturated rings. The van der Waals surface area contributed by atoms with E-state index in [2.05, 4.69) is 111 Å². The second kappa shape index (κ2) is 8.81. The number of hydrogen-bond acceptors (Lipinski definition) is 0. The molecule has 166 valence electrons. The Morgan fingerprint density at radius 1 is 0.935 bits per heavy atom. The van der Waals surface area contributed by atoms with E-state index in [1.54, 1.807) is 5.57 Å². The van der Waals surface area contributed by atoms with Gasteiger partial charge in [-0.1, -0.05) is 120 Å². The highest BCUT2D eigenvalue weighted by Gasteiger charge is 2.31. The first-order valence-corrected chi connectivity index (χ1v) is 11.9. The Balaban J connectivity index is 1.77. The minimum absolute atomic E-state index is 0.177. The van der Waals surface area contributed by atoms with E-state index >= 15 is 0 Å². The summed E-state index contributed by atoms with van der Waals surface area (Å²) in [6, 6.07) is 9.07. The fraction of sp³-hybridized carbons (Fsp3) is 0.484. The highest BCUT2D eigenvalue weighted by atomic mass is 14.4. The number of hydrogen-bond donors (Lipinski definition) is 0. The van der Waals surface area contributed by atoms with Gasteiger partial charge in [0.2, 0.25) is 0 Å². The minimum Gasteiger partial charge on any atom is -0.0993 e. The molecule has 0 heteroatoms. The Bertz CT molecular complexity index is 943. The summed E-state index contributed by atoms with van der Waals surface area (Å²) in [4.78, 5) is 0. The van der Waals surface area contributed by atoms with Crippen LogP contribution in [0.25, 0.3) is 0 Å². The van der Waals surface area contributed by atoms with Gasteiger partial charge in [-0.3, -0.25) is 0 Å². The lowest BCUT2D eigenvalue weighted by Crippen LogP contribution is -2.11. The van der Waals surface area contributed by atoms with Gasteiger partial charge in [-0.15, -0.1) is 0 Å². The monoisotopic (exact) mass is 414 g/mol. The van der Waals surface area contributed by atoms with E-state index in [1.807, 2.05) is 0 Å². The molecule has 2 unspecified atom stereocenters. The molecule has 31 heavy (non-hydrogen) atoms. The van der Waals surface area contributed by atoms with Crippen molar-refractivity contribution in [1.82, 2.24) is 0 Å². The maximum atomic E-state index is 4.35. The average Bonchev–Trinajstić information content (AvgIpc) is 3.24. The van der Waals surface area contributed by atoms with Gasteiger partial charge in [-0.2, -0.15) is 0 Å². The topological polar surface area (TPSA) is 0 Å². The maximum Gasteiger partial charge on any atom is 0.00674 e. The fourth-order valence-electron chi connectivity index (χ4n) is 4.54. The summed E-state index contributed by atoms with van der Waals surface area (Å²) in [5, 5.41) is 0. The van der Waals surface area contributed by atoms with Gasteiger partial charge in [0.05, 0.1) is 0 Å². The Labute approximate surface area is 191 Å². The van der Waals surface area contributed by atoms with Gasteiger partial charge in [-0.25, -0.2) is 0 Å². The van der Waals surface area contributed by atoms with Crippen molar-refractivity contribution in [3.8, 4) is 0 Å². The van der Waals surface area contributed by atoms with E-state index in [0.29, 0.717) is 11.8 Å². The van der Waals surface area contributed by atoms with E-state index in [1.165, 1.54) is 33.4 Å². The van der Waals surface area contributed by atoms with Crippen molar-refractivity contribution < 1.29 is 0 Å². The van der Waals surface area contributed by atoms with Crippen LogP contribution in [-0.4, -0.2) is 0 Å². The molecule has 0 amide bonds. The minimum atomic E-state index is 0.177. The normalized spacial score (nSPS) is 21.5. The van der Waals surface area contributed by atoms with Crippen LogP contribution in [0, 0.1) is 29.6 Å². The summed E-state index contributed by atoms with van der Waals surface area (Å²) in [5.41, 5.74) is 10.5. The van der Waals surface area contributed by atoms with E-state index < -0.39 is 0 Å². The summed E-state index contributed by atoms with van der Waals surface area (Å²) in [6.45, 7) is 22.7. The average molecular weight is 415 g/mol. The molecule has 0 heterocycles. The third kappa shape index (κ3) is 5.59. The first-order valence-electron chi connectivity index (χ1n) is 11.9. The third-order valence-corrected chi connectivity index (χ3v) is 7.14. The molecule has 0 saturated heterocycles. The lowest BCUT2D eigenvalue weighted by Gasteiger charge is -2.24. The number of benzene rings is 1. The van der Waals surface area contributed by atoms with Crippen LogP contribution in [0.4, 0.5) is 0 Å². The van der Waals surface area contributed by atoms with Gasteiger partial charge < -0.3 is 0 Å². The van der Waals surface area contributed by atoms with Crippen molar-refractivity contribution in [2.24, 2.45) is 22.7 Å². The molecule has 0 aromatic heterocycles. The van der Waals surface area contributed by atoms with Crippen LogP contribution in [0.3, 0.4) is 0 Å². The predicted molar refractivity (Wildman–Crippen MR) is 137 cm³/mol. The largest absolute Gasteiger partial charge is 0.0993 e. The zero-order chi connectivity index (χ0) is 23.0. The van der Waals surface area contributed by atoms with Crippen molar-refractivity contribution in [3.63, 3.8) is 0 Å². The second-order valence-electron chi connectivity index (χ2n) is 11.7. The lowest BCUT2D eigenvalue weighted by atomic mass is 9.81. The Kier molecular flexibility index (Phi) is 6.70.